The van der Waals surface area contributed by atoms with Crippen molar-refractivity contribution in [3.63, 3.8) is 0 Å². The van der Waals surface area contributed by atoms with Gasteiger partial charge in [0.15, 0.2) is 17.3 Å². The van der Waals surface area contributed by atoms with Crippen LogP contribution in [0.5, 0.6) is 5.75 Å². The lowest BCUT2D eigenvalue weighted by Gasteiger charge is -2.16. The summed E-state index contributed by atoms with van der Waals surface area (Å²) in [4.78, 5) is 13.8. The van der Waals surface area contributed by atoms with Gasteiger partial charge in [0.05, 0.1) is 12.1 Å². The molecule has 1 heterocycles. The maximum atomic E-state index is 13.8. The number of hydrogen-bond acceptors (Lipinski definition) is 3. The summed E-state index contributed by atoms with van der Waals surface area (Å²) in [5, 5.41) is 0. The topological polar surface area (TPSA) is 42.7 Å². The van der Waals surface area contributed by atoms with E-state index in [1.807, 2.05) is 0 Å². The van der Waals surface area contributed by atoms with E-state index in [1.54, 1.807) is 43.4 Å². The van der Waals surface area contributed by atoms with Crippen LogP contribution in [0.2, 0.25) is 0 Å². The van der Waals surface area contributed by atoms with Crippen LogP contribution in [0.15, 0.2) is 65.1 Å². The molecule has 3 aromatic rings. The summed E-state index contributed by atoms with van der Waals surface area (Å²) < 4.78 is 38.1. The Bertz CT molecular complexity index is 907. The van der Waals surface area contributed by atoms with Crippen LogP contribution >= 0.6 is 0 Å². The molecule has 6 heteroatoms. The number of nitrogens with zero attached hydrogens (tertiary/aromatic N) is 1. The Morgan fingerprint density at radius 3 is 2.42 bits per heavy atom. The third kappa shape index (κ3) is 3.91. The second-order valence-electron chi connectivity index (χ2n) is 5.65. The van der Waals surface area contributed by atoms with E-state index < -0.39 is 11.6 Å². The molecule has 0 spiro atoms. The quantitative estimate of drug-likeness (QED) is 0.658. The SMILES string of the molecule is CN(CCOc1ccccc1F)C(=O)c1ccc(-c2ccccc2F)o1. The summed E-state index contributed by atoms with van der Waals surface area (Å²) in [6, 6.07) is 15.3. The van der Waals surface area contributed by atoms with Crippen molar-refractivity contribution in [3.8, 4) is 17.1 Å². The van der Waals surface area contributed by atoms with E-state index in [0.717, 1.165) is 0 Å². The minimum atomic E-state index is -0.456. The third-order valence-electron chi connectivity index (χ3n) is 3.82. The van der Waals surface area contributed by atoms with Crippen LogP contribution in [0, 0.1) is 11.6 Å². The van der Waals surface area contributed by atoms with Gasteiger partial charge in [-0.15, -0.1) is 0 Å². The van der Waals surface area contributed by atoms with Crippen LogP contribution in [0.25, 0.3) is 11.3 Å². The van der Waals surface area contributed by atoms with Crippen molar-refractivity contribution in [2.75, 3.05) is 20.2 Å². The molecule has 2 aromatic carbocycles. The number of halogens is 2. The van der Waals surface area contributed by atoms with Gasteiger partial charge < -0.3 is 14.1 Å². The monoisotopic (exact) mass is 357 g/mol. The Morgan fingerprint density at radius 1 is 1.00 bits per heavy atom. The van der Waals surface area contributed by atoms with E-state index in [1.165, 1.54) is 29.2 Å². The molecule has 134 valence electrons. The van der Waals surface area contributed by atoms with Gasteiger partial charge in [-0.1, -0.05) is 24.3 Å². The molecule has 0 aliphatic carbocycles. The van der Waals surface area contributed by atoms with Gasteiger partial charge in [0.2, 0.25) is 0 Å². The number of likely N-dealkylation sites (N-methyl/N-ethyl adjacent to an activating group) is 1. The number of furan rings is 1. The summed E-state index contributed by atoms with van der Waals surface area (Å²) >= 11 is 0. The van der Waals surface area contributed by atoms with Gasteiger partial charge in [0.1, 0.15) is 18.2 Å². The second kappa shape index (κ2) is 7.82. The van der Waals surface area contributed by atoms with Crippen molar-refractivity contribution in [2.45, 2.75) is 0 Å². The van der Waals surface area contributed by atoms with Gasteiger partial charge in [-0.2, -0.15) is 0 Å². The van der Waals surface area contributed by atoms with E-state index in [2.05, 4.69) is 0 Å². The molecule has 0 aliphatic rings. The number of carbonyl (C=O) groups is 1. The van der Waals surface area contributed by atoms with Crippen molar-refractivity contribution >= 4 is 5.91 Å². The molecule has 0 aliphatic heterocycles. The highest BCUT2D eigenvalue weighted by molar-refractivity contribution is 5.92. The average Bonchev–Trinajstić information content (AvgIpc) is 3.12. The lowest BCUT2D eigenvalue weighted by Crippen LogP contribution is -2.30. The highest BCUT2D eigenvalue weighted by atomic mass is 19.1. The van der Waals surface area contributed by atoms with Crippen LogP contribution < -0.4 is 4.74 Å². The van der Waals surface area contributed by atoms with E-state index in [-0.39, 0.29) is 41.9 Å². The zero-order valence-electron chi connectivity index (χ0n) is 14.1. The number of ether oxygens (including phenoxy) is 1. The summed E-state index contributed by atoms with van der Waals surface area (Å²) in [7, 11) is 1.58. The van der Waals surface area contributed by atoms with Crippen LogP contribution in [-0.2, 0) is 0 Å². The van der Waals surface area contributed by atoms with E-state index in [0.29, 0.717) is 0 Å². The second-order valence-corrected chi connectivity index (χ2v) is 5.65. The van der Waals surface area contributed by atoms with Gasteiger partial charge in [0, 0.05) is 7.05 Å². The summed E-state index contributed by atoms with van der Waals surface area (Å²) in [5.74, 6) is -0.744. The molecule has 3 rings (SSSR count). The van der Waals surface area contributed by atoms with Crippen LogP contribution in [-0.4, -0.2) is 31.0 Å². The fraction of sp³-hybridized carbons (Fsp3) is 0.150. The van der Waals surface area contributed by atoms with E-state index in [4.69, 9.17) is 9.15 Å². The molecular formula is C20H17F2NO3. The molecule has 0 radical (unpaired) electrons. The Kier molecular flexibility index (Phi) is 5.31. The minimum absolute atomic E-state index is 0.0941. The normalized spacial score (nSPS) is 10.6. The third-order valence-corrected chi connectivity index (χ3v) is 3.82. The predicted octanol–water partition coefficient (Wildman–Crippen LogP) is 4.38. The molecule has 4 nitrogen and oxygen atoms in total. The standard InChI is InChI=1S/C20H17F2NO3/c1-23(12-13-25-18-9-5-4-8-16(18)22)20(24)19-11-10-17(26-19)14-6-2-3-7-15(14)21/h2-11H,12-13H2,1H3. The Morgan fingerprint density at radius 2 is 1.69 bits per heavy atom. The summed E-state index contributed by atoms with van der Waals surface area (Å²) in [6.07, 6.45) is 0. The van der Waals surface area contributed by atoms with Crippen molar-refractivity contribution in [3.05, 3.63) is 78.1 Å². The molecule has 0 unspecified atom stereocenters. The smallest absolute Gasteiger partial charge is 0.289 e. The Labute approximate surface area is 149 Å². The van der Waals surface area contributed by atoms with Gasteiger partial charge in [-0.3, -0.25) is 4.79 Å². The van der Waals surface area contributed by atoms with Crippen molar-refractivity contribution < 1.29 is 22.7 Å². The van der Waals surface area contributed by atoms with Crippen LogP contribution in [0.3, 0.4) is 0 Å². The van der Waals surface area contributed by atoms with Crippen molar-refractivity contribution in [2.24, 2.45) is 0 Å². The van der Waals surface area contributed by atoms with Crippen molar-refractivity contribution in [1.82, 2.24) is 4.90 Å². The summed E-state index contributed by atoms with van der Waals surface area (Å²) in [6.45, 7) is 0.368. The lowest BCUT2D eigenvalue weighted by atomic mass is 10.1. The first-order valence-corrected chi connectivity index (χ1v) is 8.04. The fourth-order valence-electron chi connectivity index (χ4n) is 2.40. The Hall–Kier alpha value is -3.15. The van der Waals surface area contributed by atoms with Crippen LogP contribution in [0.4, 0.5) is 8.78 Å². The molecule has 0 atom stereocenters. The molecule has 0 bridgehead atoms. The molecular weight excluding hydrogens is 340 g/mol. The first-order valence-electron chi connectivity index (χ1n) is 8.04. The highest BCUT2D eigenvalue weighted by Crippen LogP contribution is 2.25. The average molecular weight is 357 g/mol. The fourth-order valence-corrected chi connectivity index (χ4v) is 2.40. The molecule has 0 saturated carbocycles. The molecule has 1 amide bonds. The number of para-hydroxylation sites is 1. The first-order chi connectivity index (χ1) is 12.6. The number of carbonyl (C=O) groups excluding carboxylic acids is 1. The number of benzene rings is 2. The summed E-state index contributed by atoms with van der Waals surface area (Å²) in [5.41, 5.74) is 0.289. The zero-order chi connectivity index (χ0) is 18.5. The largest absolute Gasteiger partial charge is 0.489 e. The molecule has 0 saturated heterocycles. The maximum Gasteiger partial charge on any atom is 0.289 e. The van der Waals surface area contributed by atoms with E-state index >= 15 is 0 Å². The minimum Gasteiger partial charge on any atom is -0.489 e. The van der Waals surface area contributed by atoms with Gasteiger partial charge >= 0.3 is 0 Å². The number of rotatable bonds is 6. The number of amides is 1. The van der Waals surface area contributed by atoms with Gasteiger partial charge in [-0.25, -0.2) is 8.78 Å². The Balaban J connectivity index is 1.61. The maximum absolute atomic E-state index is 13.8. The predicted molar refractivity (Wildman–Crippen MR) is 93.0 cm³/mol. The molecule has 1 aromatic heterocycles. The molecule has 0 N–H and O–H groups in total. The molecule has 26 heavy (non-hydrogen) atoms. The zero-order valence-corrected chi connectivity index (χ0v) is 14.1. The first kappa shape index (κ1) is 17.7. The van der Waals surface area contributed by atoms with Crippen LogP contribution in [0.1, 0.15) is 10.6 Å². The van der Waals surface area contributed by atoms with E-state index in [9.17, 15) is 13.6 Å². The van der Waals surface area contributed by atoms with Gasteiger partial charge in [0.25, 0.3) is 5.91 Å². The lowest BCUT2D eigenvalue weighted by molar-refractivity contribution is 0.0742. The van der Waals surface area contributed by atoms with Crippen molar-refractivity contribution in [1.29, 1.82) is 0 Å². The molecule has 0 fully saturated rings. The number of hydrogen-bond donors (Lipinski definition) is 0. The van der Waals surface area contributed by atoms with Gasteiger partial charge in [-0.05, 0) is 36.4 Å². The highest BCUT2D eigenvalue weighted by Gasteiger charge is 2.18.